The lowest BCUT2D eigenvalue weighted by Gasteiger charge is -2.31. The van der Waals surface area contributed by atoms with Crippen LogP contribution in [0.1, 0.15) is 13.3 Å². The Hall–Kier alpha value is -1.79. The molecule has 2 N–H and O–H groups in total. The van der Waals surface area contributed by atoms with Crippen molar-refractivity contribution in [3.63, 3.8) is 0 Å². The third-order valence-corrected chi connectivity index (χ3v) is 3.57. The van der Waals surface area contributed by atoms with Crippen LogP contribution in [0.25, 0.3) is 0 Å². The summed E-state index contributed by atoms with van der Waals surface area (Å²) < 4.78 is 0. The Morgan fingerprint density at radius 2 is 2.06 bits per heavy atom. The lowest BCUT2D eigenvalue weighted by molar-refractivity contribution is -0.147. The molecule has 7 nitrogen and oxygen atoms in total. The molecule has 0 spiro atoms. The molecule has 2 aliphatic rings. The number of piperazine rings is 1. The second kappa shape index (κ2) is 4.47. The smallest absolute Gasteiger partial charge is 0.320 e. The lowest BCUT2D eigenvalue weighted by atomic mass is 9.90. The molecule has 2 heterocycles. The number of carbonyl (C=O) groups is 3. The van der Waals surface area contributed by atoms with Crippen molar-refractivity contribution in [3.8, 4) is 0 Å². The van der Waals surface area contributed by atoms with Crippen LogP contribution >= 0.6 is 0 Å². The largest absolute Gasteiger partial charge is 0.481 e. The molecular weight excluding hydrogens is 238 g/mol. The van der Waals surface area contributed by atoms with Gasteiger partial charge in [0.15, 0.2) is 0 Å². The van der Waals surface area contributed by atoms with Crippen molar-refractivity contribution in [1.29, 1.82) is 0 Å². The van der Waals surface area contributed by atoms with Gasteiger partial charge in [-0.3, -0.25) is 9.59 Å². The van der Waals surface area contributed by atoms with Gasteiger partial charge in [-0.25, -0.2) is 4.79 Å². The summed E-state index contributed by atoms with van der Waals surface area (Å²) in [7, 11) is 0. The third kappa shape index (κ3) is 2.25. The van der Waals surface area contributed by atoms with Crippen molar-refractivity contribution in [1.82, 2.24) is 15.1 Å². The van der Waals surface area contributed by atoms with E-state index in [4.69, 9.17) is 5.11 Å². The van der Waals surface area contributed by atoms with Crippen molar-refractivity contribution in [3.05, 3.63) is 0 Å². The molecular formula is C11H17N3O4. The van der Waals surface area contributed by atoms with Gasteiger partial charge >= 0.3 is 12.0 Å². The van der Waals surface area contributed by atoms with Crippen LogP contribution in [0.15, 0.2) is 0 Å². The van der Waals surface area contributed by atoms with Gasteiger partial charge in [-0.1, -0.05) is 0 Å². The van der Waals surface area contributed by atoms with E-state index < -0.39 is 11.4 Å². The molecule has 0 saturated carbocycles. The molecule has 1 unspecified atom stereocenters. The highest BCUT2D eigenvalue weighted by molar-refractivity contribution is 5.86. The summed E-state index contributed by atoms with van der Waals surface area (Å²) in [6, 6.07) is -0.241. The van der Waals surface area contributed by atoms with Gasteiger partial charge in [-0.05, 0) is 13.3 Å². The number of carbonyl (C=O) groups excluding carboxylic acids is 2. The average Bonchev–Trinajstić information content (AvgIpc) is 2.72. The monoisotopic (exact) mass is 255 g/mol. The Balaban J connectivity index is 1.99. The van der Waals surface area contributed by atoms with Crippen molar-refractivity contribution in [2.75, 3.05) is 32.7 Å². The first-order valence-corrected chi connectivity index (χ1v) is 5.96. The molecule has 2 rings (SSSR count). The van der Waals surface area contributed by atoms with E-state index in [1.807, 2.05) is 0 Å². The molecule has 0 aliphatic carbocycles. The number of rotatable bonds is 1. The number of amides is 3. The van der Waals surface area contributed by atoms with Gasteiger partial charge < -0.3 is 20.2 Å². The van der Waals surface area contributed by atoms with Gasteiger partial charge in [-0.15, -0.1) is 0 Å². The van der Waals surface area contributed by atoms with Crippen molar-refractivity contribution in [2.24, 2.45) is 5.41 Å². The molecule has 0 bridgehead atoms. The Kier molecular flexibility index (Phi) is 3.14. The zero-order valence-electron chi connectivity index (χ0n) is 10.3. The second-order valence-electron chi connectivity index (χ2n) is 5.09. The molecule has 0 aromatic rings. The minimum Gasteiger partial charge on any atom is -0.481 e. The highest BCUT2D eigenvalue weighted by atomic mass is 16.4. The summed E-state index contributed by atoms with van der Waals surface area (Å²) in [4.78, 5) is 37.4. The third-order valence-electron chi connectivity index (χ3n) is 3.57. The van der Waals surface area contributed by atoms with Crippen LogP contribution in [-0.2, 0) is 9.59 Å². The first-order valence-electron chi connectivity index (χ1n) is 5.96. The molecule has 0 aromatic carbocycles. The second-order valence-corrected chi connectivity index (χ2v) is 5.09. The first-order chi connectivity index (χ1) is 8.42. The average molecular weight is 255 g/mol. The fraction of sp³-hybridized carbons (Fsp3) is 0.727. The maximum absolute atomic E-state index is 12.1. The maximum Gasteiger partial charge on any atom is 0.320 e. The van der Waals surface area contributed by atoms with Crippen LogP contribution < -0.4 is 5.32 Å². The van der Waals surface area contributed by atoms with Crippen molar-refractivity contribution >= 4 is 17.9 Å². The zero-order valence-corrected chi connectivity index (χ0v) is 10.3. The molecule has 0 aromatic heterocycles. The van der Waals surface area contributed by atoms with E-state index in [9.17, 15) is 14.4 Å². The van der Waals surface area contributed by atoms with E-state index in [-0.39, 0.29) is 25.0 Å². The summed E-state index contributed by atoms with van der Waals surface area (Å²) in [5.74, 6) is -1.05. The van der Waals surface area contributed by atoms with E-state index in [2.05, 4.69) is 5.32 Å². The normalized spacial score (nSPS) is 28.2. The topological polar surface area (TPSA) is 89.9 Å². The summed E-state index contributed by atoms with van der Waals surface area (Å²) in [5, 5.41) is 11.8. The van der Waals surface area contributed by atoms with E-state index in [0.717, 1.165) is 0 Å². The molecule has 2 fully saturated rings. The maximum atomic E-state index is 12.1. The Bertz CT molecular complexity index is 398. The van der Waals surface area contributed by atoms with E-state index in [1.54, 1.807) is 6.92 Å². The van der Waals surface area contributed by atoms with E-state index in [1.165, 1.54) is 9.80 Å². The highest BCUT2D eigenvalue weighted by Gasteiger charge is 2.43. The fourth-order valence-corrected chi connectivity index (χ4v) is 2.30. The van der Waals surface area contributed by atoms with Crippen LogP contribution in [0.2, 0.25) is 0 Å². The molecule has 2 aliphatic heterocycles. The molecule has 100 valence electrons. The standard InChI is InChI=1S/C11H17N3O4/c1-11(9(16)17)2-4-14(7-11)10(18)13-5-3-12-8(15)6-13/h2-7H2,1H3,(H,12,15)(H,16,17). The van der Waals surface area contributed by atoms with Gasteiger partial charge in [0.05, 0.1) is 5.41 Å². The highest BCUT2D eigenvalue weighted by Crippen LogP contribution is 2.30. The summed E-state index contributed by atoms with van der Waals surface area (Å²) in [6.45, 7) is 3.27. The van der Waals surface area contributed by atoms with Gasteiger partial charge in [0.25, 0.3) is 0 Å². The predicted octanol–water partition coefficient (Wildman–Crippen LogP) is -0.665. The predicted molar refractivity (Wildman–Crippen MR) is 61.9 cm³/mol. The zero-order chi connectivity index (χ0) is 13.3. The number of hydrogen-bond donors (Lipinski definition) is 2. The van der Waals surface area contributed by atoms with Crippen LogP contribution in [0, 0.1) is 5.41 Å². The number of hydrogen-bond acceptors (Lipinski definition) is 3. The summed E-state index contributed by atoms with van der Waals surface area (Å²) in [5.41, 5.74) is -0.867. The number of likely N-dealkylation sites (tertiary alicyclic amines) is 1. The Morgan fingerprint density at radius 1 is 1.33 bits per heavy atom. The van der Waals surface area contributed by atoms with Crippen LogP contribution in [0.5, 0.6) is 0 Å². The van der Waals surface area contributed by atoms with Gasteiger partial charge in [0.1, 0.15) is 6.54 Å². The molecule has 2 saturated heterocycles. The quantitative estimate of drug-likeness (QED) is 0.650. The van der Waals surface area contributed by atoms with Gasteiger partial charge in [0.2, 0.25) is 5.91 Å². The van der Waals surface area contributed by atoms with Crippen molar-refractivity contribution < 1.29 is 19.5 Å². The molecule has 3 amide bonds. The molecule has 18 heavy (non-hydrogen) atoms. The number of nitrogens with one attached hydrogen (secondary N) is 1. The number of carboxylic acid groups (broad SMARTS) is 1. The summed E-state index contributed by atoms with van der Waals surface area (Å²) >= 11 is 0. The van der Waals surface area contributed by atoms with Crippen molar-refractivity contribution in [2.45, 2.75) is 13.3 Å². The number of nitrogens with zero attached hydrogens (tertiary/aromatic N) is 2. The van der Waals surface area contributed by atoms with Gasteiger partial charge in [-0.2, -0.15) is 0 Å². The molecule has 0 radical (unpaired) electrons. The van der Waals surface area contributed by atoms with Crippen LogP contribution in [-0.4, -0.2) is 65.5 Å². The van der Waals surface area contributed by atoms with Crippen LogP contribution in [0.3, 0.4) is 0 Å². The number of carboxylic acids is 1. The molecule has 1 atom stereocenters. The van der Waals surface area contributed by atoms with E-state index >= 15 is 0 Å². The fourth-order valence-electron chi connectivity index (χ4n) is 2.30. The van der Waals surface area contributed by atoms with E-state index in [0.29, 0.717) is 26.1 Å². The number of urea groups is 1. The number of aliphatic carboxylic acids is 1. The SMILES string of the molecule is CC1(C(=O)O)CCN(C(=O)N2CCNC(=O)C2)C1. The minimum absolute atomic E-state index is 0.0547. The van der Waals surface area contributed by atoms with Gasteiger partial charge in [0, 0.05) is 26.2 Å². The lowest BCUT2D eigenvalue weighted by Crippen LogP contribution is -2.53. The minimum atomic E-state index is -0.880. The summed E-state index contributed by atoms with van der Waals surface area (Å²) in [6.07, 6.45) is 0.452. The first kappa shape index (κ1) is 12.7. The Labute approximate surface area is 105 Å². The van der Waals surface area contributed by atoms with Crippen LogP contribution in [0.4, 0.5) is 4.79 Å². The molecule has 7 heteroatoms. The Morgan fingerprint density at radius 3 is 2.61 bits per heavy atom.